The first kappa shape index (κ1) is 16.3. The van der Waals surface area contributed by atoms with E-state index in [1.54, 1.807) is 36.3 Å². The summed E-state index contributed by atoms with van der Waals surface area (Å²) in [5.74, 6) is -0.0919. The molecule has 0 unspecified atom stereocenters. The number of nitriles is 1. The van der Waals surface area contributed by atoms with Crippen LogP contribution in [0.4, 0.5) is 5.69 Å². The van der Waals surface area contributed by atoms with Crippen LogP contribution >= 0.6 is 11.6 Å². The van der Waals surface area contributed by atoms with E-state index in [1.165, 1.54) is 0 Å². The first-order valence-electron chi connectivity index (χ1n) is 7.81. The highest BCUT2D eigenvalue weighted by molar-refractivity contribution is 6.30. The van der Waals surface area contributed by atoms with Gasteiger partial charge in [-0.2, -0.15) is 10.4 Å². The molecule has 2 heterocycles. The first-order chi connectivity index (χ1) is 11.6. The molecular formula is C17H18ClN5O. The predicted octanol–water partition coefficient (Wildman–Crippen LogP) is 2.34. The van der Waals surface area contributed by atoms with Crippen LogP contribution in [-0.2, 0) is 7.05 Å². The van der Waals surface area contributed by atoms with E-state index in [4.69, 9.17) is 11.6 Å². The van der Waals surface area contributed by atoms with Gasteiger partial charge in [-0.25, -0.2) is 0 Å². The number of amides is 1. The molecule has 124 valence electrons. The number of benzene rings is 1. The van der Waals surface area contributed by atoms with Gasteiger partial charge in [-0.05, 0) is 31.0 Å². The van der Waals surface area contributed by atoms with Gasteiger partial charge in [0.15, 0.2) is 0 Å². The van der Waals surface area contributed by atoms with Crippen LogP contribution in [0.25, 0.3) is 0 Å². The van der Waals surface area contributed by atoms with E-state index in [0.717, 1.165) is 31.6 Å². The number of nitrogens with one attached hydrogen (secondary N) is 1. The summed E-state index contributed by atoms with van der Waals surface area (Å²) in [7, 11) is 1.79. The largest absolute Gasteiger partial charge is 0.370 e. The Kier molecular flexibility index (Phi) is 4.72. The van der Waals surface area contributed by atoms with Gasteiger partial charge < -0.3 is 10.2 Å². The minimum Gasteiger partial charge on any atom is -0.370 e. The van der Waals surface area contributed by atoms with Crippen LogP contribution in [0.3, 0.4) is 0 Å². The van der Waals surface area contributed by atoms with Crippen LogP contribution in [0.1, 0.15) is 28.8 Å². The summed E-state index contributed by atoms with van der Waals surface area (Å²) in [5, 5.41) is 16.9. The van der Waals surface area contributed by atoms with Crippen molar-refractivity contribution in [2.75, 3.05) is 18.0 Å². The number of carbonyl (C=O) groups excluding carboxylic acids is 1. The molecule has 0 bridgehead atoms. The molecule has 1 amide bonds. The van der Waals surface area contributed by atoms with Crippen molar-refractivity contribution in [1.29, 1.82) is 5.26 Å². The molecule has 1 fully saturated rings. The highest BCUT2D eigenvalue weighted by Crippen LogP contribution is 2.26. The Morgan fingerprint density at radius 3 is 2.79 bits per heavy atom. The van der Waals surface area contributed by atoms with Gasteiger partial charge in [-0.1, -0.05) is 11.6 Å². The van der Waals surface area contributed by atoms with Crippen molar-refractivity contribution >= 4 is 23.2 Å². The van der Waals surface area contributed by atoms with Gasteiger partial charge in [0.25, 0.3) is 5.91 Å². The van der Waals surface area contributed by atoms with Crippen LogP contribution in [-0.4, -0.2) is 34.8 Å². The molecule has 24 heavy (non-hydrogen) atoms. The molecule has 0 saturated carbocycles. The summed E-state index contributed by atoms with van der Waals surface area (Å²) in [5.41, 5.74) is 2.06. The molecule has 7 heteroatoms. The Hall–Kier alpha value is -2.52. The van der Waals surface area contributed by atoms with Crippen molar-refractivity contribution in [2.24, 2.45) is 7.05 Å². The van der Waals surface area contributed by atoms with Crippen LogP contribution in [0.2, 0.25) is 5.02 Å². The van der Waals surface area contributed by atoms with Gasteiger partial charge in [-0.3, -0.25) is 9.48 Å². The zero-order valence-corrected chi connectivity index (χ0v) is 14.1. The molecule has 1 aliphatic heterocycles. The number of aryl methyl sites for hydroxylation is 1. The minimum atomic E-state index is -0.0919. The van der Waals surface area contributed by atoms with Crippen LogP contribution in [0.15, 0.2) is 30.6 Å². The summed E-state index contributed by atoms with van der Waals surface area (Å²) in [6, 6.07) is 7.70. The van der Waals surface area contributed by atoms with E-state index in [2.05, 4.69) is 21.4 Å². The first-order valence-corrected chi connectivity index (χ1v) is 8.18. The molecule has 0 atom stereocenters. The Labute approximate surface area is 145 Å². The van der Waals surface area contributed by atoms with Crippen molar-refractivity contribution in [2.45, 2.75) is 18.9 Å². The second-order valence-electron chi connectivity index (χ2n) is 5.91. The predicted molar refractivity (Wildman–Crippen MR) is 92.1 cm³/mol. The lowest BCUT2D eigenvalue weighted by atomic mass is 10.0. The SMILES string of the molecule is Cn1cc(C(=O)NC2CCN(c3ccc(Cl)cc3C#N)CC2)cn1. The molecule has 3 rings (SSSR count). The molecule has 0 radical (unpaired) electrons. The number of nitrogens with zero attached hydrogens (tertiary/aromatic N) is 4. The third kappa shape index (κ3) is 3.52. The lowest BCUT2D eigenvalue weighted by Crippen LogP contribution is -2.44. The maximum Gasteiger partial charge on any atom is 0.254 e. The maximum atomic E-state index is 12.2. The number of carbonyl (C=O) groups is 1. The summed E-state index contributed by atoms with van der Waals surface area (Å²) < 4.78 is 1.61. The molecule has 2 aromatic rings. The van der Waals surface area contributed by atoms with E-state index >= 15 is 0 Å². The molecule has 6 nitrogen and oxygen atoms in total. The maximum absolute atomic E-state index is 12.2. The Morgan fingerprint density at radius 2 is 2.17 bits per heavy atom. The lowest BCUT2D eigenvalue weighted by molar-refractivity contribution is 0.0931. The summed E-state index contributed by atoms with van der Waals surface area (Å²) in [4.78, 5) is 14.3. The number of anilines is 1. The highest BCUT2D eigenvalue weighted by atomic mass is 35.5. The number of aromatic nitrogens is 2. The molecule has 0 aliphatic carbocycles. The number of hydrogen-bond donors (Lipinski definition) is 1. The van der Waals surface area contributed by atoms with E-state index in [0.29, 0.717) is 16.1 Å². The zero-order valence-electron chi connectivity index (χ0n) is 13.4. The molecule has 1 aromatic heterocycles. The average molecular weight is 344 g/mol. The number of hydrogen-bond acceptors (Lipinski definition) is 4. The quantitative estimate of drug-likeness (QED) is 0.928. The van der Waals surface area contributed by atoms with Crippen molar-refractivity contribution in [3.63, 3.8) is 0 Å². The molecule has 1 saturated heterocycles. The fourth-order valence-corrected chi connectivity index (χ4v) is 3.12. The lowest BCUT2D eigenvalue weighted by Gasteiger charge is -2.34. The Balaban J connectivity index is 1.60. The minimum absolute atomic E-state index is 0.0919. The van der Waals surface area contributed by atoms with E-state index in [1.807, 2.05) is 6.07 Å². The fraction of sp³-hybridized carbons (Fsp3) is 0.353. The highest BCUT2D eigenvalue weighted by Gasteiger charge is 2.23. The average Bonchev–Trinajstić information content (AvgIpc) is 3.02. The van der Waals surface area contributed by atoms with Crippen molar-refractivity contribution in [3.8, 4) is 6.07 Å². The van der Waals surface area contributed by atoms with Crippen molar-refractivity contribution in [3.05, 3.63) is 46.7 Å². The molecule has 1 aromatic carbocycles. The molecule has 1 aliphatic rings. The van der Waals surface area contributed by atoms with E-state index in [-0.39, 0.29) is 11.9 Å². The number of rotatable bonds is 3. The molecule has 1 N–H and O–H groups in total. The van der Waals surface area contributed by atoms with E-state index < -0.39 is 0 Å². The number of halogens is 1. The Bertz CT molecular complexity index is 787. The van der Waals surface area contributed by atoms with Gasteiger partial charge >= 0.3 is 0 Å². The fourth-order valence-electron chi connectivity index (χ4n) is 2.95. The zero-order chi connectivity index (χ0) is 17.1. The van der Waals surface area contributed by atoms with Crippen molar-refractivity contribution < 1.29 is 4.79 Å². The van der Waals surface area contributed by atoms with Crippen LogP contribution in [0, 0.1) is 11.3 Å². The monoisotopic (exact) mass is 343 g/mol. The second kappa shape index (κ2) is 6.93. The smallest absolute Gasteiger partial charge is 0.254 e. The Morgan fingerprint density at radius 1 is 1.42 bits per heavy atom. The second-order valence-corrected chi connectivity index (χ2v) is 6.35. The van der Waals surface area contributed by atoms with Gasteiger partial charge in [0.2, 0.25) is 0 Å². The van der Waals surface area contributed by atoms with Gasteiger partial charge in [0.05, 0.1) is 23.0 Å². The van der Waals surface area contributed by atoms with Crippen LogP contribution in [0.5, 0.6) is 0 Å². The van der Waals surface area contributed by atoms with Crippen LogP contribution < -0.4 is 10.2 Å². The third-order valence-corrected chi connectivity index (χ3v) is 4.45. The topological polar surface area (TPSA) is 74.0 Å². The van der Waals surface area contributed by atoms with Gasteiger partial charge in [-0.15, -0.1) is 0 Å². The summed E-state index contributed by atoms with van der Waals surface area (Å²) >= 11 is 5.95. The van der Waals surface area contributed by atoms with Gasteiger partial charge in [0.1, 0.15) is 6.07 Å². The van der Waals surface area contributed by atoms with Gasteiger partial charge in [0, 0.05) is 37.4 Å². The normalized spacial score (nSPS) is 15.1. The molecular weight excluding hydrogens is 326 g/mol. The summed E-state index contributed by atoms with van der Waals surface area (Å²) in [6.07, 6.45) is 4.94. The number of piperidine rings is 1. The standard InChI is InChI=1S/C17H18ClN5O/c1-22-11-13(10-20-22)17(24)21-15-4-6-23(7-5-15)16-3-2-14(18)8-12(16)9-19/h2-3,8,10-11,15H,4-7H2,1H3,(H,21,24). The van der Waals surface area contributed by atoms with Crippen molar-refractivity contribution in [1.82, 2.24) is 15.1 Å². The third-order valence-electron chi connectivity index (χ3n) is 4.22. The molecule has 0 spiro atoms. The summed E-state index contributed by atoms with van der Waals surface area (Å²) in [6.45, 7) is 1.57. The van der Waals surface area contributed by atoms with E-state index in [9.17, 15) is 10.1 Å².